The highest BCUT2D eigenvalue weighted by atomic mass is 35.5. The molecule has 1 aromatic carbocycles. The van der Waals surface area contributed by atoms with Crippen molar-refractivity contribution in [3.8, 4) is 0 Å². The molecule has 1 aliphatic heterocycles. The molecule has 1 aliphatic rings. The van der Waals surface area contributed by atoms with Crippen molar-refractivity contribution in [2.75, 3.05) is 13.7 Å². The van der Waals surface area contributed by atoms with Gasteiger partial charge in [-0.2, -0.15) is 0 Å². The number of carbonyl (C=O) groups is 3. The van der Waals surface area contributed by atoms with Gasteiger partial charge in [0.05, 0.1) is 17.1 Å². The van der Waals surface area contributed by atoms with Crippen LogP contribution in [0.25, 0.3) is 0 Å². The summed E-state index contributed by atoms with van der Waals surface area (Å²) in [4.78, 5) is 38.9. The van der Waals surface area contributed by atoms with Crippen molar-refractivity contribution in [3.63, 3.8) is 0 Å². The normalized spacial score (nSPS) is 16.7. The molecule has 23 heavy (non-hydrogen) atoms. The molecule has 0 aliphatic carbocycles. The zero-order valence-corrected chi connectivity index (χ0v) is 14.6. The lowest BCUT2D eigenvalue weighted by atomic mass is 10.2. The van der Waals surface area contributed by atoms with E-state index in [0.29, 0.717) is 16.6 Å². The summed E-state index contributed by atoms with van der Waals surface area (Å²) in [6.07, 6.45) is 0. The monoisotopic (exact) mass is 358 g/mol. The number of amides is 4. The molecule has 0 aromatic heterocycles. The number of nitrogens with zero attached hydrogens (tertiary/aromatic N) is 2. The number of nitrogens with one attached hydrogen (secondary N) is 1. The number of halogens is 2. The lowest BCUT2D eigenvalue weighted by Crippen LogP contribution is -3.09. The molecule has 1 N–H and O–H groups in total. The first-order chi connectivity index (χ1) is 10.7. The van der Waals surface area contributed by atoms with Gasteiger partial charge in [0, 0.05) is 11.6 Å². The summed E-state index contributed by atoms with van der Waals surface area (Å²) in [6.45, 7) is 4.02. The van der Waals surface area contributed by atoms with Crippen molar-refractivity contribution >= 4 is 41.0 Å². The summed E-state index contributed by atoms with van der Waals surface area (Å²) in [7, 11) is 1.82. The lowest BCUT2D eigenvalue weighted by Gasteiger charge is -2.21. The third kappa shape index (κ3) is 3.65. The van der Waals surface area contributed by atoms with Crippen molar-refractivity contribution in [2.45, 2.75) is 26.4 Å². The van der Waals surface area contributed by atoms with Gasteiger partial charge in [0.25, 0.3) is 0 Å². The van der Waals surface area contributed by atoms with Crippen LogP contribution in [0.3, 0.4) is 0 Å². The van der Waals surface area contributed by atoms with E-state index in [1.807, 2.05) is 13.1 Å². The van der Waals surface area contributed by atoms with Gasteiger partial charge in [0.15, 0.2) is 6.67 Å². The Morgan fingerprint density at radius 2 is 1.74 bits per heavy atom. The lowest BCUT2D eigenvalue weighted by molar-refractivity contribution is -0.901. The maximum Gasteiger partial charge on any atom is 0.338 e. The van der Waals surface area contributed by atoms with Crippen LogP contribution >= 0.6 is 23.2 Å². The van der Waals surface area contributed by atoms with Crippen molar-refractivity contribution in [2.24, 2.45) is 0 Å². The van der Waals surface area contributed by atoms with Crippen LogP contribution in [-0.4, -0.2) is 47.4 Å². The van der Waals surface area contributed by atoms with E-state index in [2.05, 4.69) is 0 Å². The predicted molar refractivity (Wildman–Crippen MR) is 86.1 cm³/mol. The predicted octanol–water partition coefficient (Wildman–Crippen LogP) is 1.16. The third-order valence-corrected chi connectivity index (χ3v) is 4.26. The Kier molecular flexibility index (Phi) is 5.29. The van der Waals surface area contributed by atoms with Crippen LogP contribution in [0.15, 0.2) is 18.2 Å². The highest BCUT2D eigenvalue weighted by Gasteiger charge is 2.46. The first-order valence-corrected chi connectivity index (χ1v) is 7.92. The Morgan fingerprint density at radius 3 is 2.26 bits per heavy atom. The molecule has 1 atom stereocenters. The van der Waals surface area contributed by atoms with Crippen LogP contribution < -0.4 is 4.90 Å². The number of hydrogen-bond donors (Lipinski definition) is 1. The third-order valence-electron chi connectivity index (χ3n) is 3.52. The molecule has 1 aromatic rings. The zero-order valence-electron chi connectivity index (χ0n) is 13.1. The number of urea groups is 1. The second kappa shape index (κ2) is 6.86. The van der Waals surface area contributed by atoms with E-state index in [-0.39, 0.29) is 12.7 Å². The SMILES string of the molecule is CC(C)N1C(=O)C(=O)N(C[NH+](C)Cc2ccc(Cl)c(Cl)c2)C1=O. The van der Waals surface area contributed by atoms with Gasteiger partial charge in [-0.15, -0.1) is 0 Å². The molecule has 4 amide bonds. The van der Waals surface area contributed by atoms with Crippen LogP contribution in [0.5, 0.6) is 0 Å². The van der Waals surface area contributed by atoms with E-state index >= 15 is 0 Å². The summed E-state index contributed by atoms with van der Waals surface area (Å²) in [5, 5.41) is 0.919. The average Bonchev–Trinajstić information content (AvgIpc) is 2.67. The molecule has 0 spiro atoms. The molecule has 8 heteroatoms. The Bertz CT molecular complexity index is 663. The molecule has 1 saturated heterocycles. The summed E-state index contributed by atoms with van der Waals surface area (Å²) in [5.41, 5.74) is 0.919. The van der Waals surface area contributed by atoms with Crippen molar-refractivity contribution in [3.05, 3.63) is 33.8 Å². The zero-order chi connectivity index (χ0) is 17.3. The molecule has 1 fully saturated rings. The fourth-order valence-electron chi connectivity index (χ4n) is 2.44. The highest BCUT2D eigenvalue weighted by Crippen LogP contribution is 2.22. The highest BCUT2D eigenvalue weighted by molar-refractivity contribution is 6.44. The second-order valence-corrected chi connectivity index (χ2v) is 6.64. The minimum Gasteiger partial charge on any atom is -0.316 e. The Morgan fingerprint density at radius 1 is 1.09 bits per heavy atom. The average molecular weight is 359 g/mol. The van der Waals surface area contributed by atoms with Crippen LogP contribution in [0.1, 0.15) is 19.4 Å². The van der Waals surface area contributed by atoms with Gasteiger partial charge in [0.1, 0.15) is 6.54 Å². The summed E-state index contributed by atoms with van der Waals surface area (Å²) >= 11 is 11.9. The number of rotatable bonds is 5. The van der Waals surface area contributed by atoms with Gasteiger partial charge in [-0.1, -0.05) is 29.3 Å². The largest absolute Gasteiger partial charge is 0.338 e. The molecule has 124 valence electrons. The van der Waals surface area contributed by atoms with Gasteiger partial charge >= 0.3 is 17.8 Å². The van der Waals surface area contributed by atoms with Crippen LogP contribution in [0, 0.1) is 0 Å². The summed E-state index contributed by atoms with van der Waals surface area (Å²) in [5.74, 6) is -1.55. The number of carbonyl (C=O) groups excluding carboxylic acids is 3. The van der Waals surface area contributed by atoms with E-state index in [0.717, 1.165) is 20.3 Å². The quantitative estimate of drug-likeness (QED) is 0.634. The Balaban J connectivity index is 2.06. The van der Waals surface area contributed by atoms with Gasteiger partial charge in [-0.25, -0.2) is 9.69 Å². The number of benzene rings is 1. The van der Waals surface area contributed by atoms with Gasteiger partial charge in [0.2, 0.25) is 0 Å². The topological polar surface area (TPSA) is 62.1 Å². The van der Waals surface area contributed by atoms with E-state index < -0.39 is 17.8 Å². The molecule has 6 nitrogen and oxygen atoms in total. The smallest absolute Gasteiger partial charge is 0.316 e. The standard InChI is InChI=1S/C15H17Cl2N3O3/c1-9(2)20-14(22)13(21)19(15(20)23)8-18(3)7-10-4-5-11(16)12(17)6-10/h4-6,9H,7-8H2,1-3H3/p+1. The molecule has 2 rings (SSSR count). The summed E-state index contributed by atoms with van der Waals surface area (Å²) < 4.78 is 0. The first-order valence-electron chi connectivity index (χ1n) is 7.16. The van der Waals surface area contributed by atoms with Gasteiger partial charge in [-0.3, -0.25) is 14.5 Å². The van der Waals surface area contributed by atoms with E-state index in [1.54, 1.807) is 26.0 Å². The Hall–Kier alpha value is -1.63. The minimum atomic E-state index is -0.780. The van der Waals surface area contributed by atoms with Gasteiger partial charge in [-0.05, 0) is 26.0 Å². The maximum atomic E-state index is 12.2. The molecular weight excluding hydrogens is 341 g/mol. The van der Waals surface area contributed by atoms with E-state index in [1.165, 1.54) is 0 Å². The minimum absolute atomic E-state index is 0.104. The second-order valence-electron chi connectivity index (χ2n) is 5.83. The van der Waals surface area contributed by atoms with Crippen molar-refractivity contribution < 1.29 is 19.3 Å². The van der Waals surface area contributed by atoms with Crippen LogP contribution in [-0.2, 0) is 16.1 Å². The molecule has 1 heterocycles. The molecule has 0 saturated carbocycles. The number of hydrogen-bond acceptors (Lipinski definition) is 3. The number of quaternary nitrogens is 1. The maximum absolute atomic E-state index is 12.2. The van der Waals surface area contributed by atoms with E-state index in [9.17, 15) is 14.4 Å². The summed E-state index contributed by atoms with van der Waals surface area (Å²) in [6, 6.07) is 4.36. The fraction of sp³-hybridized carbons (Fsp3) is 0.400. The van der Waals surface area contributed by atoms with E-state index in [4.69, 9.17) is 23.2 Å². The van der Waals surface area contributed by atoms with Crippen molar-refractivity contribution in [1.82, 2.24) is 9.80 Å². The van der Waals surface area contributed by atoms with Crippen molar-refractivity contribution in [1.29, 1.82) is 0 Å². The molecule has 0 radical (unpaired) electrons. The fourth-order valence-corrected chi connectivity index (χ4v) is 2.76. The first kappa shape index (κ1) is 17.7. The van der Waals surface area contributed by atoms with Crippen LogP contribution in [0.4, 0.5) is 4.79 Å². The molecule has 1 unspecified atom stereocenters. The van der Waals surface area contributed by atoms with Crippen LogP contribution in [0.2, 0.25) is 10.0 Å². The Labute approximate surface area is 144 Å². The number of imide groups is 2. The molecule has 0 bridgehead atoms. The van der Waals surface area contributed by atoms with Gasteiger partial charge < -0.3 is 4.90 Å². The molecular formula is C15H18Cl2N3O3+.